The standard InChI is InChI=1S/C15H19BrFNO2/c1-15(2,3)20-14(19)18-8-4-5-13(18)11-7-6-10(17)9-12(11)16/h6-7,9,13H,4-5,8H2,1-3H3. The Kier molecular flexibility index (Phi) is 4.37. The second-order valence-electron chi connectivity index (χ2n) is 6.00. The van der Waals surface area contributed by atoms with E-state index in [9.17, 15) is 9.18 Å². The summed E-state index contributed by atoms with van der Waals surface area (Å²) in [6.07, 6.45) is 1.48. The van der Waals surface area contributed by atoms with Gasteiger partial charge in [-0.15, -0.1) is 0 Å². The third-order valence-corrected chi connectivity index (χ3v) is 3.89. The number of amides is 1. The van der Waals surface area contributed by atoms with Crippen LogP contribution in [0.3, 0.4) is 0 Å². The average molecular weight is 344 g/mol. The Balaban J connectivity index is 2.21. The van der Waals surface area contributed by atoms with Crippen LogP contribution in [0, 0.1) is 5.82 Å². The van der Waals surface area contributed by atoms with Crippen LogP contribution < -0.4 is 0 Å². The van der Waals surface area contributed by atoms with E-state index in [0.717, 1.165) is 18.4 Å². The molecular weight excluding hydrogens is 325 g/mol. The summed E-state index contributed by atoms with van der Waals surface area (Å²) < 4.78 is 19.3. The normalized spacial score (nSPS) is 19.2. The first-order chi connectivity index (χ1) is 9.28. The van der Waals surface area contributed by atoms with Crippen molar-refractivity contribution in [2.24, 2.45) is 0 Å². The van der Waals surface area contributed by atoms with E-state index in [1.807, 2.05) is 20.8 Å². The molecule has 1 aliphatic rings. The number of carbonyl (C=O) groups is 1. The predicted octanol–water partition coefficient (Wildman–Crippen LogP) is 4.66. The number of likely N-dealkylation sites (tertiary alicyclic amines) is 1. The first kappa shape index (κ1) is 15.3. The highest BCUT2D eigenvalue weighted by Gasteiger charge is 2.34. The minimum Gasteiger partial charge on any atom is -0.444 e. The van der Waals surface area contributed by atoms with Crippen LogP contribution in [0.15, 0.2) is 22.7 Å². The van der Waals surface area contributed by atoms with Gasteiger partial charge in [-0.3, -0.25) is 0 Å². The lowest BCUT2D eigenvalue weighted by molar-refractivity contribution is 0.0224. The molecule has 2 rings (SSSR count). The zero-order valence-corrected chi connectivity index (χ0v) is 13.5. The molecule has 1 amide bonds. The molecule has 0 bridgehead atoms. The molecule has 1 saturated heterocycles. The lowest BCUT2D eigenvalue weighted by atomic mass is 10.0. The zero-order chi connectivity index (χ0) is 14.9. The first-order valence-corrected chi connectivity index (χ1v) is 7.52. The van der Waals surface area contributed by atoms with Gasteiger partial charge < -0.3 is 9.64 Å². The number of rotatable bonds is 1. The van der Waals surface area contributed by atoms with Crippen molar-refractivity contribution < 1.29 is 13.9 Å². The van der Waals surface area contributed by atoms with Crippen LogP contribution in [-0.4, -0.2) is 23.1 Å². The van der Waals surface area contributed by atoms with Gasteiger partial charge in [0, 0.05) is 11.0 Å². The highest BCUT2D eigenvalue weighted by atomic mass is 79.9. The third kappa shape index (κ3) is 3.51. The van der Waals surface area contributed by atoms with Crippen molar-refractivity contribution in [3.05, 3.63) is 34.1 Å². The SMILES string of the molecule is CC(C)(C)OC(=O)N1CCCC1c1ccc(F)cc1Br. The second kappa shape index (κ2) is 5.72. The summed E-state index contributed by atoms with van der Waals surface area (Å²) >= 11 is 3.38. The molecule has 0 spiro atoms. The quantitative estimate of drug-likeness (QED) is 0.742. The molecule has 0 aliphatic carbocycles. The molecule has 1 aliphatic heterocycles. The van der Waals surface area contributed by atoms with Crippen LogP contribution >= 0.6 is 15.9 Å². The van der Waals surface area contributed by atoms with Gasteiger partial charge in [0.05, 0.1) is 6.04 Å². The molecule has 1 heterocycles. The monoisotopic (exact) mass is 343 g/mol. The Labute approximate surface area is 127 Å². The zero-order valence-electron chi connectivity index (χ0n) is 12.0. The van der Waals surface area contributed by atoms with Crippen molar-refractivity contribution in [1.29, 1.82) is 0 Å². The van der Waals surface area contributed by atoms with E-state index in [0.29, 0.717) is 11.0 Å². The molecule has 0 radical (unpaired) electrons. The van der Waals surface area contributed by atoms with Crippen molar-refractivity contribution >= 4 is 22.0 Å². The fourth-order valence-corrected chi connectivity index (χ4v) is 3.02. The van der Waals surface area contributed by atoms with Gasteiger partial charge in [0.2, 0.25) is 0 Å². The van der Waals surface area contributed by atoms with Crippen molar-refractivity contribution in [2.45, 2.75) is 45.3 Å². The number of halogens is 2. The minimum absolute atomic E-state index is 0.0557. The summed E-state index contributed by atoms with van der Waals surface area (Å²) in [6, 6.07) is 4.53. The van der Waals surface area contributed by atoms with E-state index in [1.165, 1.54) is 12.1 Å². The summed E-state index contributed by atoms with van der Waals surface area (Å²) in [6.45, 7) is 6.22. The summed E-state index contributed by atoms with van der Waals surface area (Å²) in [7, 11) is 0. The highest BCUT2D eigenvalue weighted by Crippen LogP contribution is 2.37. The summed E-state index contributed by atoms with van der Waals surface area (Å²) in [5, 5.41) is 0. The topological polar surface area (TPSA) is 29.5 Å². The maximum atomic E-state index is 13.2. The molecule has 20 heavy (non-hydrogen) atoms. The summed E-state index contributed by atoms with van der Waals surface area (Å²) in [4.78, 5) is 14.0. The van der Waals surface area contributed by atoms with Gasteiger partial charge >= 0.3 is 6.09 Å². The van der Waals surface area contributed by atoms with Gasteiger partial charge in [0.15, 0.2) is 0 Å². The van der Waals surface area contributed by atoms with E-state index in [4.69, 9.17) is 4.74 Å². The third-order valence-electron chi connectivity index (χ3n) is 3.20. The molecule has 1 unspecified atom stereocenters. The lowest BCUT2D eigenvalue weighted by Gasteiger charge is -2.29. The van der Waals surface area contributed by atoms with Crippen LogP contribution in [0.1, 0.15) is 45.2 Å². The van der Waals surface area contributed by atoms with Gasteiger partial charge in [-0.2, -0.15) is 0 Å². The van der Waals surface area contributed by atoms with Crippen LogP contribution in [0.5, 0.6) is 0 Å². The molecule has 5 heteroatoms. The van der Waals surface area contributed by atoms with E-state index in [2.05, 4.69) is 15.9 Å². The average Bonchev–Trinajstić information content (AvgIpc) is 2.75. The Hall–Kier alpha value is -1.10. The number of hydrogen-bond acceptors (Lipinski definition) is 2. The smallest absolute Gasteiger partial charge is 0.410 e. The minimum atomic E-state index is -0.510. The Morgan fingerprint density at radius 3 is 2.75 bits per heavy atom. The molecule has 0 aromatic heterocycles. The summed E-state index contributed by atoms with van der Waals surface area (Å²) in [5.74, 6) is -0.289. The maximum Gasteiger partial charge on any atom is 0.410 e. The molecule has 3 nitrogen and oxygen atoms in total. The molecule has 110 valence electrons. The lowest BCUT2D eigenvalue weighted by Crippen LogP contribution is -2.36. The number of carbonyl (C=O) groups excluding carboxylic acids is 1. The van der Waals surface area contributed by atoms with Gasteiger partial charge in [0.1, 0.15) is 11.4 Å². The van der Waals surface area contributed by atoms with E-state index >= 15 is 0 Å². The highest BCUT2D eigenvalue weighted by molar-refractivity contribution is 9.10. The molecule has 1 aromatic carbocycles. The molecule has 0 saturated carbocycles. The largest absolute Gasteiger partial charge is 0.444 e. The van der Waals surface area contributed by atoms with Crippen molar-refractivity contribution in [3.8, 4) is 0 Å². The van der Waals surface area contributed by atoms with Gasteiger partial charge in [0.25, 0.3) is 0 Å². The van der Waals surface area contributed by atoms with Crippen molar-refractivity contribution in [3.63, 3.8) is 0 Å². The Bertz CT molecular complexity index is 513. The predicted molar refractivity (Wildman–Crippen MR) is 79.0 cm³/mol. The van der Waals surface area contributed by atoms with E-state index < -0.39 is 5.60 Å². The van der Waals surface area contributed by atoms with Crippen LogP contribution in [0.25, 0.3) is 0 Å². The van der Waals surface area contributed by atoms with E-state index in [-0.39, 0.29) is 18.0 Å². The number of ether oxygens (including phenoxy) is 1. The Morgan fingerprint density at radius 1 is 1.45 bits per heavy atom. The Morgan fingerprint density at radius 2 is 2.15 bits per heavy atom. The molecule has 0 N–H and O–H groups in total. The van der Waals surface area contributed by atoms with Gasteiger partial charge in [-0.05, 0) is 51.3 Å². The van der Waals surface area contributed by atoms with Crippen molar-refractivity contribution in [2.75, 3.05) is 6.54 Å². The number of hydrogen-bond donors (Lipinski definition) is 0. The van der Waals surface area contributed by atoms with Crippen LogP contribution in [-0.2, 0) is 4.74 Å². The molecular formula is C15H19BrFNO2. The maximum absolute atomic E-state index is 13.2. The molecule has 1 fully saturated rings. The molecule has 1 aromatic rings. The van der Waals surface area contributed by atoms with E-state index in [1.54, 1.807) is 11.0 Å². The number of benzene rings is 1. The van der Waals surface area contributed by atoms with Crippen LogP contribution in [0.4, 0.5) is 9.18 Å². The second-order valence-corrected chi connectivity index (χ2v) is 6.85. The summed E-state index contributed by atoms with van der Waals surface area (Å²) in [5.41, 5.74) is 0.416. The van der Waals surface area contributed by atoms with Gasteiger partial charge in [-0.1, -0.05) is 22.0 Å². The fourth-order valence-electron chi connectivity index (χ4n) is 2.40. The first-order valence-electron chi connectivity index (χ1n) is 6.72. The fraction of sp³-hybridized carbons (Fsp3) is 0.533. The van der Waals surface area contributed by atoms with Crippen LogP contribution in [0.2, 0.25) is 0 Å². The van der Waals surface area contributed by atoms with Gasteiger partial charge in [-0.25, -0.2) is 9.18 Å². The molecule has 1 atom stereocenters. The van der Waals surface area contributed by atoms with Crippen molar-refractivity contribution in [1.82, 2.24) is 4.90 Å². The number of nitrogens with zero attached hydrogens (tertiary/aromatic N) is 1.